The molecule has 4 heteroatoms. The van der Waals surface area contributed by atoms with Gasteiger partial charge in [-0.05, 0) is 25.5 Å². The second-order valence-corrected chi connectivity index (χ2v) is 4.45. The van der Waals surface area contributed by atoms with Gasteiger partial charge in [-0.3, -0.25) is 4.79 Å². The summed E-state index contributed by atoms with van der Waals surface area (Å²) < 4.78 is 5.59. The first-order valence-electron chi connectivity index (χ1n) is 6.31. The topological polar surface area (TPSA) is 55.6 Å². The normalized spacial score (nSPS) is 11.9. The first-order chi connectivity index (χ1) is 8.54. The first kappa shape index (κ1) is 14.4. The summed E-state index contributed by atoms with van der Waals surface area (Å²) >= 11 is 0. The maximum atomic E-state index is 12.0. The molecule has 0 heterocycles. The van der Waals surface area contributed by atoms with Gasteiger partial charge in [0.1, 0.15) is 5.75 Å². The minimum absolute atomic E-state index is 0.00845. The van der Waals surface area contributed by atoms with E-state index < -0.39 is 6.10 Å². The summed E-state index contributed by atoms with van der Waals surface area (Å²) in [5.74, 6) is 0.616. The molecule has 0 saturated heterocycles. The fourth-order valence-corrected chi connectivity index (χ4v) is 1.66. The number of benzene rings is 1. The molecule has 0 radical (unpaired) electrons. The number of unbranched alkanes of at least 4 members (excludes halogenated alkanes) is 1. The second kappa shape index (κ2) is 6.89. The lowest BCUT2D eigenvalue weighted by atomic mass is 10.2. The van der Waals surface area contributed by atoms with E-state index in [1.165, 1.54) is 0 Å². The molecular formula is C14H22N2O2. The molecular weight excluding hydrogens is 228 g/mol. The molecule has 0 aliphatic carbocycles. The van der Waals surface area contributed by atoms with Crippen molar-refractivity contribution in [2.45, 2.75) is 32.8 Å². The van der Waals surface area contributed by atoms with Gasteiger partial charge in [-0.25, -0.2) is 0 Å². The lowest BCUT2D eigenvalue weighted by Gasteiger charge is -2.22. The number of anilines is 1. The molecule has 1 atom stereocenters. The van der Waals surface area contributed by atoms with E-state index in [4.69, 9.17) is 10.5 Å². The summed E-state index contributed by atoms with van der Waals surface area (Å²) in [7, 11) is 1.80. The maximum Gasteiger partial charge on any atom is 0.263 e. The Kier molecular flexibility index (Phi) is 5.49. The van der Waals surface area contributed by atoms with Crippen LogP contribution in [0.25, 0.3) is 0 Å². The smallest absolute Gasteiger partial charge is 0.263 e. The lowest BCUT2D eigenvalue weighted by Crippen LogP contribution is -2.38. The van der Waals surface area contributed by atoms with Crippen molar-refractivity contribution in [2.24, 2.45) is 0 Å². The Morgan fingerprint density at radius 2 is 2.22 bits per heavy atom. The molecule has 4 nitrogen and oxygen atoms in total. The average molecular weight is 250 g/mol. The molecule has 0 aromatic heterocycles. The molecule has 18 heavy (non-hydrogen) atoms. The molecule has 2 N–H and O–H groups in total. The van der Waals surface area contributed by atoms with E-state index in [9.17, 15) is 4.79 Å². The monoisotopic (exact) mass is 250 g/mol. The minimum atomic E-state index is -0.492. The van der Waals surface area contributed by atoms with Crippen molar-refractivity contribution in [1.29, 1.82) is 0 Å². The van der Waals surface area contributed by atoms with Crippen LogP contribution in [0, 0.1) is 0 Å². The summed E-state index contributed by atoms with van der Waals surface area (Å²) in [5, 5.41) is 0. The molecule has 1 amide bonds. The van der Waals surface area contributed by atoms with E-state index in [2.05, 4.69) is 6.92 Å². The second-order valence-electron chi connectivity index (χ2n) is 4.45. The largest absolute Gasteiger partial charge is 0.481 e. The van der Waals surface area contributed by atoms with Crippen molar-refractivity contribution in [3.05, 3.63) is 24.3 Å². The van der Waals surface area contributed by atoms with Crippen LogP contribution in [0.5, 0.6) is 5.75 Å². The quantitative estimate of drug-likeness (QED) is 0.788. The van der Waals surface area contributed by atoms with E-state index >= 15 is 0 Å². The van der Waals surface area contributed by atoms with E-state index in [-0.39, 0.29) is 5.91 Å². The van der Waals surface area contributed by atoms with Gasteiger partial charge in [0, 0.05) is 25.3 Å². The third-order valence-electron chi connectivity index (χ3n) is 2.74. The minimum Gasteiger partial charge on any atom is -0.481 e. The summed E-state index contributed by atoms with van der Waals surface area (Å²) in [5.41, 5.74) is 6.29. The highest BCUT2D eigenvalue weighted by Gasteiger charge is 2.18. The number of hydrogen-bond acceptors (Lipinski definition) is 3. The zero-order valence-corrected chi connectivity index (χ0v) is 11.3. The molecule has 100 valence electrons. The Morgan fingerprint density at radius 1 is 1.50 bits per heavy atom. The Labute approximate surface area is 109 Å². The number of ether oxygens (including phenoxy) is 1. The molecule has 0 aliphatic rings. The molecule has 1 rings (SSSR count). The SMILES string of the molecule is CCCCN(C)C(=O)C(C)Oc1cccc(N)c1. The Balaban J connectivity index is 2.54. The van der Waals surface area contributed by atoms with E-state index in [1.54, 1.807) is 37.1 Å². The number of nitrogen functional groups attached to an aromatic ring is 1. The predicted molar refractivity (Wildman–Crippen MR) is 73.5 cm³/mol. The Hall–Kier alpha value is -1.71. The van der Waals surface area contributed by atoms with Gasteiger partial charge in [0.05, 0.1) is 0 Å². The highest BCUT2D eigenvalue weighted by molar-refractivity contribution is 5.80. The highest BCUT2D eigenvalue weighted by Crippen LogP contribution is 2.16. The van der Waals surface area contributed by atoms with Crippen LogP contribution in [-0.4, -0.2) is 30.5 Å². The zero-order valence-electron chi connectivity index (χ0n) is 11.3. The summed E-state index contributed by atoms with van der Waals surface area (Å²) in [4.78, 5) is 13.7. The van der Waals surface area contributed by atoms with Gasteiger partial charge < -0.3 is 15.4 Å². The van der Waals surface area contributed by atoms with Gasteiger partial charge in [0.15, 0.2) is 6.10 Å². The van der Waals surface area contributed by atoms with Crippen molar-refractivity contribution in [1.82, 2.24) is 4.90 Å². The third-order valence-corrected chi connectivity index (χ3v) is 2.74. The number of carbonyl (C=O) groups excluding carboxylic acids is 1. The van der Waals surface area contributed by atoms with Crippen LogP contribution in [-0.2, 0) is 4.79 Å². The van der Waals surface area contributed by atoms with E-state index in [0.29, 0.717) is 11.4 Å². The Morgan fingerprint density at radius 3 is 2.83 bits per heavy atom. The van der Waals surface area contributed by atoms with Gasteiger partial charge in [-0.2, -0.15) is 0 Å². The summed E-state index contributed by atoms with van der Waals surface area (Å²) in [6.07, 6.45) is 1.59. The number of likely N-dealkylation sites (N-methyl/N-ethyl adjacent to an activating group) is 1. The average Bonchev–Trinajstić information content (AvgIpc) is 2.35. The molecule has 0 saturated carbocycles. The molecule has 0 spiro atoms. The summed E-state index contributed by atoms with van der Waals surface area (Å²) in [6, 6.07) is 7.11. The number of nitrogens with zero attached hydrogens (tertiary/aromatic N) is 1. The van der Waals surface area contributed by atoms with Gasteiger partial charge in [0.2, 0.25) is 0 Å². The Bertz CT molecular complexity index is 393. The fraction of sp³-hybridized carbons (Fsp3) is 0.500. The number of nitrogens with two attached hydrogens (primary N) is 1. The van der Waals surface area contributed by atoms with Crippen molar-refractivity contribution in [3.63, 3.8) is 0 Å². The fourth-order valence-electron chi connectivity index (χ4n) is 1.66. The molecule has 0 bridgehead atoms. The van der Waals surface area contributed by atoms with Crippen LogP contribution >= 0.6 is 0 Å². The molecule has 1 aromatic carbocycles. The standard InChI is InChI=1S/C14H22N2O2/c1-4-5-9-16(3)14(17)11(2)18-13-8-6-7-12(15)10-13/h6-8,10-11H,4-5,9,15H2,1-3H3. The maximum absolute atomic E-state index is 12.0. The van der Waals surface area contributed by atoms with Crippen molar-refractivity contribution in [3.8, 4) is 5.75 Å². The van der Waals surface area contributed by atoms with E-state index in [1.807, 2.05) is 6.07 Å². The third kappa shape index (κ3) is 4.28. The van der Waals surface area contributed by atoms with Crippen LogP contribution in [0.3, 0.4) is 0 Å². The van der Waals surface area contributed by atoms with Gasteiger partial charge in [-0.1, -0.05) is 19.4 Å². The first-order valence-corrected chi connectivity index (χ1v) is 6.31. The van der Waals surface area contributed by atoms with Crippen molar-refractivity contribution >= 4 is 11.6 Å². The number of rotatable bonds is 6. The number of hydrogen-bond donors (Lipinski definition) is 1. The molecule has 1 aromatic rings. The van der Waals surface area contributed by atoms with Crippen LogP contribution < -0.4 is 10.5 Å². The number of carbonyl (C=O) groups is 1. The summed E-state index contributed by atoms with van der Waals surface area (Å²) in [6.45, 7) is 4.62. The van der Waals surface area contributed by atoms with Gasteiger partial charge >= 0.3 is 0 Å². The molecule has 0 aliphatic heterocycles. The van der Waals surface area contributed by atoms with E-state index in [0.717, 1.165) is 19.4 Å². The van der Waals surface area contributed by atoms with Crippen molar-refractivity contribution in [2.75, 3.05) is 19.3 Å². The predicted octanol–water partition coefficient (Wildman–Crippen LogP) is 2.29. The lowest BCUT2D eigenvalue weighted by molar-refractivity contribution is -0.136. The molecule has 1 unspecified atom stereocenters. The van der Waals surface area contributed by atoms with Gasteiger partial charge in [-0.15, -0.1) is 0 Å². The van der Waals surface area contributed by atoms with Gasteiger partial charge in [0.25, 0.3) is 5.91 Å². The van der Waals surface area contributed by atoms with Crippen LogP contribution in [0.2, 0.25) is 0 Å². The van der Waals surface area contributed by atoms with Crippen LogP contribution in [0.1, 0.15) is 26.7 Å². The van der Waals surface area contributed by atoms with Crippen molar-refractivity contribution < 1.29 is 9.53 Å². The van der Waals surface area contributed by atoms with Crippen LogP contribution in [0.4, 0.5) is 5.69 Å². The highest BCUT2D eigenvalue weighted by atomic mass is 16.5. The van der Waals surface area contributed by atoms with Crippen LogP contribution in [0.15, 0.2) is 24.3 Å². The number of amides is 1. The zero-order chi connectivity index (χ0) is 13.5. The molecule has 0 fully saturated rings.